The number of fused-ring (bicyclic) bond motifs is 1. The first-order valence-electron chi connectivity index (χ1n) is 5.23. The van der Waals surface area contributed by atoms with Crippen molar-refractivity contribution in [1.29, 1.82) is 5.26 Å². The van der Waals surface area contributed by atoms with Crippen LogP contribution in [0.4, 0.5) is 0 Å². The Kier molecular flexibility index (Phi) is 3.35. The number of imidazole rings is 1. The number of furan rings is 1. The van der Waals surface area contributed by atoms with Crippen LogP contribution in [0.15, 0.2) is 47.6 Å². The Morgan fingerprint density at radius 2 is 2.28 bits per heavy atom. The van der Waals surface area contributed by atoms with Crippen molar-refractivity contribution in [1.82, 2.24) is 9.55 Å². The van der Waals surface area contributed by atoms with Crippen LogP contribution in [0.3, 0.4) is 0 Å². The van der Waals surface area contributed by atoms with E-state index in [2.05, 4.69) is 11.1 Å². The zero-order valence-corrected chi connectivity index (χ0v) is 10.2. The molecule has 0 radical (unpaired) electrons. The van der Waals surface area contributed by atoms with Crippen molar-refractivity contribution in [3.8, 4) is 6.07 Å². The van der Waals surface area contributed by atoms with E-state index in [1.165, 1.54) is 0 Å². The molecule has 0 bridgehead atoms. The van der Waals surface area contributed by atoms with Gasteiger partial charge in [0.25, 0.3) is 0 Å². The molecule has 0 atom stereocenters. The first kappa shape index (κ1) is 12.2. The molecule has 5 heteroatoms. The summed E-state index contributed by atoms with van der Waals surface area (Å²) in [7, 11) is 0. The van der Waals surface area contributed by atoms with Crippen molar-refractivity contribution in [2.45, 2.75) is 6.54 Å². The normalized spacial score (nSPS) is 9.94. The quantitative estimate of drug-likeness (QED) is 0.711. The first-order valence-corrected chi connectivity index (χ1v) is 5.23. The van der Waals surface area contributed by atoms with Crippen LogP contribution in [0.2, 0.25) is 0 Å². The molecule has 0 saturated heterocycles. The lowest BCUT2D eigenvalue weighted by Crippen LogP contribution is -1.94. The summed E-state index contributed by atoms with van der Waals surface area (Å²) in [5, 5.41) is 9.87. The monoisotopic (exact) mass is 259 g/mol. The van der Waals surface area contributed by atoms with E-state index < -0.39 is 0 Å². The Balaban J connectivity index is 0.00000120. The fourth-order valence-electron chi connectivity index (χ4n) is 1.85. The molecule has 2 heterocycles. The van der Waals surface area contributed by atoms with E-state index >= 15 is 0 Å². The van der Waals surface area contributed by atoms with Crippen molar-refractivity contribution in [2.24, 2.45) is 0 Å². The molecule has 90 valence electrons. The third kappa shape index (κ3) is 2.08. The summed E-state index contributed by atoms with van der Waals surface area (Å²) in [4.78, 5) is 4.00. The molecule has 0 aliphatic heterocycles. The van der Waals surface area contributed by atoms with Gasteiger partial charge in [-0.3, -0.25) is 0 Å². The van der Waals surface area contributed by atoms with Crippen LogP contribution in [0.25, 0.3) is 11.0 Å². The molecular weight excluding hydrogens is 250 g/mol. The zero-order valence-electron chi connectivity index (χ0n) is 9.41. The highest BCUT2D eigenvalue weighted by molar-refractivity contribution is 5.85. The van der Waals surface area contributed by atoms with Gasteiger partial charge in [0, 0.05) is 23.3 Å². The maximum absolute atomic E-state index is 8.89. The second-order valence-electron chi connectivity index (χ2n) is 3.82. The van der Waals surface area contributed by atoms with Crippen LogP contribution in [-0.4, -0.2) is 9.55 Å². The minimum absolute atomic E-state index is 0. The lowest BCUT2D eigenvalue weighted by molar-refractivity contribution is 0.607. The molecule has 0 spiro atoms. The minimum atomic E-state index is 0. The molecule has 0 saturated carbocycles. The van der Waals surface area contributed by atoms with Crippen LogP contribution in [0.1, 0.15) is 11.1 Å². The summed E-state index contributed by atoms with van der Waals surface area (Å²) in [6, 6.07) is 7.57. The van der Waals surface area contributed by atoms with Gasteiger partial charge in [-0.1, -0.05) is 0 Å². The molecule has 0 unspecified atom stereocenters. The number of hydrogen-bond donors (Lipinski definition) is 0. The predicted molar refractivity (Wildman–Crippen MR) is 69.5 cm³/mol. The van der Waals surface area contributed by atoms with Crippen LogP contribution in [-0.2, 0) is 6.54 Å². The van der Waals surface area contributed by atoms with Crippen LogP contribution < -0.4 is 0 Å². The Bertz CT molecular complexity index is 695. The van der Waals surface area contributed by atoms with Crippen molar-refractivity contribution in [3.05, 3.63) is 54.3 Å². The van der Waals surface area contributed by atoms with Gasteiger partial charge in [-0.25, -0.2) is 4.98 Å². The van der Waals surface area contributed by atoms with Gasteiger partial charge >= 0.3 is 0 Å². The van der Waals surface area contributed by atoms with Crippen molar-refractivity contribution in [3.63, 3.8) is 0 Å². The van der Waals surface area contributed by atoms with Crippen molar-refractivity contribution in [2.75, 3.05) is 0 Å². The van der Waals surface area contributed by atoms with Crippen molar-refractivity contribution < 1.29 is 4.42 Å². The highest BCUT2D eigenvalue weighted by Gasteiger charge is 2.07. The topological polar surface area (TPSA) is 54.8 Å². The van der Waals surface area contributed by atoms with Gasteiger partial charge in [0.1, 0.15) is 5.58 Å². The predicted octanol–water partition coefficient (Wildman–Crippen LogP) is 2.97. The van der Waals surface area contributed by atoms with E-state index in [1.807, 2.05) is 22.9 Å². The number of nitrogens with zero attached hydrogens (tertiary/aromatic N) is 3. The van der Waals surface area contributed by atoms with Gasteiger partial charge in [-0.2, -0.15) is 5.26 Å². The molecule has 2 aromatic heterocycles. The SMILES string of the molecule is Cl.N#Cc1ccc2occ(Cn3ccnc3)c2c1. The van der Waals surface area contributed by atoms with Gasteiger partial charge in [-0.15, -0.1) is 12.4 Å². The number of benzene rings is 1. The molecule has 3 aromatic rings. The van der Waals surface area contributed by atoms with E-state index in [0.717, 1.165) is 16.5 Å². The highest BCUT2D eigenvalue weighted by atomic mass is 35.5. The number of rotatable bonds is 2. The largest absolute Gasteiger partial charge is 0.464 e. The second-order valence-corrected chi connectivity index (χ2v) is 3.82. The van der Waals surface area contributed by atoms with E-state index in [1.54, 1.807) is 24.9 Å². The summed E-state index contributed by atoms with van der Waals surface area (Å²) in [6.07, 6.45) is 7.12. The second kappa shape index (κ2) is 4.94. The van der Waals surface area contributed by atoms with Gasteiger partial charge in [0.05, 0.1) is 30.8 Å². The third-order valence-electron chi connectivity index (χ3n) is 2.69. The smallest absolute Gasteiger partial charge is 0.134 e. The summed E-state index contributed by atoms with van der Waals surface area (Å²) in [5.41, 5.74) is 2.50. The van der Waals surface area contributed by atoms with Crippen LogP contribution in [0.5, 0.6) is 0 Å². The van der Waals surface area contributed by atoms with Gasteiger partial charge in [-0.05, 0) is 18.2 Å². The van der Waals surface area contributed by atoms with Crippen LogP contribution in [0, 0.1) is 11.3 Å². The Labute approximate surface area is 110 Å². The van der Waals surface area contributed by atoms with E-state index in [-0.39, 0.29) is 12.4 Å². The minimum Gasteiger partial charge on any atom is -0.464 e. The summed E-state index contributed by atoms with van der Waals surface area (Å²) < 4.78 is 7.42. The van der Waals surface area contributed by atoms with Gasteiger partial charge in [0.15, 0.2) is 0 Å². The summed E-state index contributed by atoms with van der Waals surface area (Å²) in [6.45, 7) is 0.696. The molecular formula is C13H10ClN3O. The Hall–Kier alpha value is -2.25. The highest BCUT2D eigenvalue weighted by Crippen LogP contribution is 2.23. The van der Waals surface area contributed by atoms with E-state index in [9.17, 15) is 0 Å². The standard InChI is InChI=1S/C13H9N3O.ClH/c14-6-10-1-2-13-12(5-10)11(8-17-13)7-16-4-3-15-9-16;/h1-5,8-9H,7H2;1H. The maximum Gasteiger partial charge on any atom is 0.134 e. The lowest BCUT2D eigenvalue weighted by Gasteiger charge is -1.99. The fraction of sp³-hybridized carbons (Fsp3) is 0.0769. The van der Waals surface area contributed by atoms with Crippen molar-refractivity contribution >= 4 is 23.4 Å². The van der Waals surface area contributed by atoms with Crippen LogP contribution >= 0.6 is 12.4 Å². The molecule has 4 nitrogen and oxygen atoms in total. The Morgan fingerprint density at radius 3 is 3.00 bits per heavy atom. The molecule has 0 N–H and O–H groups in total. The first-order chi connectivity index (χ1) is 8.36. The molecule has 3 rings (SSSR count). The average Bonchev–Trinajstić information content (AvgIpc) is 2.99. The zero-order chi connectivity index (χ0) is 11.7. The van der Waals surface area contributed by atoms with E-state index in [4.69, 9.17) is 9.68 Å². The van der Waals surface area contributed by atoms with Gasteiger partial charge < -0.3 is 8.98 Å². The average molecular weight is 260 g/mol. The number of nitriles is 1. The number of aromatic nitrogens is 2. The molecule has 1 aromatic carbocycles. The Morgan fingerprint density at radius 1 is 1.39 bits per heavy atom. The summed E-state index contributed by atoms with van der Waals surface area (Å²) in [5.74, 6) is 0. The fourth-order valence-corrected chi connectivity index (χ4v) is 1.85. The van der Waals surface area contributed by atoms with E-state index in [0.29, 0.717) is 12.1 Å². The maximum atomic E-state index is 8.89. The third-order valence-corrected chi connectivity index (χ3v) is 2.69. The molecule has 18 heavy (non-hydrogen) atoms. The molecule has 0 aliphatic carbocycles. The molecule has 0 aliphatic rings. The molecule has 0 fully saturated rings. The number of halogens is 1. The summed E-state index contributed by atoms with van der Waals surface area (Å²) >= 11 is 0. The number of hydrogen-bond acceptors (Lipinski definition) is 3. The van der Waals surface area contributed by atoms with Gasteiger partial charge in [0.2, 0.25) is 0 Å². The lowest BCUT2D eigenvalue weighted by atomic mass is 10.1. The molecule has 0 amide bonds.